The molecule has 2 aliphatic heterocycles. The molecule has 0 saturated carbocycles. The first-order valence-electron chi connectivity index (χ1n) is 11.0. The second kappa shape index (κ2) is 10.0. The average molecular weight is 497 g/mol. The molecule has 2 saturated heterocycles. The number of sulfone groups is 1. The van der Waals surface area contributed by atoms with E-state index in [9.17, 15) is 13.2 Å². The van der Waals surface area contributed by atoms with Crippen LogP contribution in [-0.4, -0.2) is 86.9 Å². The molecule has 11 heteroatoms. The summed E-state index contributed by atoms with van der Waals surface area (Å²) in [5.41, 5.74) is 0.799. The van der Waals surface area contributed by atoms with Gasteiger partial charge in [-0.3, -0.25) is 4.90 Å². The number of carbonyl (C=O) groups excluding carboxylic acids is 1. The third kappa shape index (κ3) is 5.03. The van der Waals surface area contributed by atoms with Gasteiger partial charge in [0.05, 0.1) is 47.7 Å². The summed E-state index contributed by atoms with van der Waals surface area (Å²) in [6.07, 6.45) is 0.119. The van der Waals surface area contributed by atoms with E-state index in [2.05, 4.69) is 10.00 Å². The lowest BCUT2D eigenvalue weighted by molar-refractivity contribution is -0.141. The Balaban J connectivity index is 1.61. The van der Waals surface area contributed by atoms with E-state index < -0.39 is 27.1 Å². The molecule has 180 valence electrons. The molecule has 3 heterocycles. The first-order valence-corrected chi connectivity index (χ1v) is 12.9. The zero-order valence-corrected chi connectivity index (χ0v) is 20.4. The summed E-state index contributed by atoms with van der Waals surface area (Å²) in [6.45, 7) is 6.59. The lowest BCUT2D eigenvalue weighted by Crippen LogP contribution is -2.40. The van der Waals surface area contributed by atoms with Crippen molar-refractivity contribution < 1.29 is 22.7 Å². The van der Waals surface area contributed by atoms with E-state index in [0.29, 0.717) is 25.6 Å². The number of ether oxygens (including phenoxy) is 2. The second-order valence-electron chi connectivity index (χ2n) is 8.35. The van der Waals surface area contributed by atoms with Crippen LogP contribution >= 0.6 is 11.6 Å². The third-order valence-electron chi connectivity index (χ3n) is 6.22. The fourth-order valence-electron chi connectivity index (χ4n) is 4.48. The Morgan fingerprint density at radius 1 is 1.24 bits per heavy atom. The maximum absolute atomic E-state index is 13.4. The Labute approximate surface area is 199 Å². The highest BCUT2D eigenvalue weighted by Gasteiger charge is 2.45. The van der Waals surface area contributed by atoms with Gasteiger partial charge in [0.1, 0.15) is 11.9 Å². The molecule has 0 spiro atoms. The Kier molecular flexibility index (Phi) is 7.28. The van der Waals surface area contributed by atoms with Gasteiger partial charge in [0.25, 0.3) is 0 Å². The Morgan fingerprint density at radius 2 is 1.97 bits per heavy atom. The minimum atomic E-state index is -3.75. The SMILES string of the molecule is COC(=O)C1C[C@@H](S(=O)(=O)c2ccccc2Cl)CN1c1cc(C)nn1CCN1CCOCC1. The largest absolute Gasteiger partial charge is 0.467 e. The summed E-state index contributed by atoms with van der Waals surface area (Å²) in [7, 11) is -2.44. The van der Waals surface area contributed by atoms with E-state index in [1.54, 1.807) is 18.2 Å². The molecular weight excluding hydrogens is 468 g/mol. The van der Waals surface area contributed by atoms with Crippen molar-refractivity contribution in [3.05, 3.63) is 41.0 Å². The van der Waals surface area contributed by atoms with Crippen LogP contribution in [0.25, 0.3) is 0 Å². The molecule has 2 atom stereocenters. The van der Waals surface area contributed by atoms with Crippen molar-refractivity contribution in [2.75, 3.05) is 51.4 Å². The number of aryl methyl sites for hydroxylation is 1. The number of hydrogen-bond donors (Lipinski definition) is 0. The number of morpholine rings is 1. The first-order chi connectivity index (χ1) is 15.8. The predicted molar refractivity (Wildman–Crippen MR) is 124 cm³/mol. The van der Waals surface area contributed by atoms with Gasteiger partial charge in [-0.05, 0) is 25.5 Å². The van der Waals surface area contributed by atoms with E-state index in [1.807, 2.05) is 22.6 Å². The lowest BCUT2D eigenvalue weighted by atomic mass is 10.2. The number of anilines is 1. The van der Waals surface area contributed by atoms with E-state index in [0.717, 1.165) is 25.3 Å². The molecule has 2 aromatic rings. The summed E-state index contributed by atoms with van der Waals surface area (Å²) in [5.74, 6) is 0.249. The van der Waals surface area contributed by atoms with Crippen LogP contribution in [0.4, 0.5) is 5.82 Å². The number of benzene rings is 1. The number of rotatable bonds is 7. The van der Waals surface area contributed by atoms with Crippen LogP contribution in [0.2, 0.25) is 5.02 Å². The summed E-state index contributed by atoms with van der Waals surface area (Å²) in [4.78, 5) is 16.9. The number of esters is 1. The maximum Gasteiger partial charge on any atom is 0.328 e. The number of aromatic nitrogens is 2. The molecule has 1 unspecified atom stereocenters. The molecule has 0 aliphatic carbocycles. The normalized spacial score (nSPS) is 22.0. The Hall–Kier alpha value is -2.14. The van der Waals surface area contributed by atoms with Crippen LogP contribution < -0.4 is 4.90 Å². The molecule has 0 bridgehead atoms. The Bertz CT molecular complexity index is 1100. The highest BCUT2D eigenvalue weighted by Crippen LogP contribution is 2.35. The van der Waals surface area contributed by atoms with Crippen molar-refractivity contribution >= 4 is 33.2 Å². The quantitative estimate of drug-likeness (QED) is 0.535. The molecule has 0 N–H and O–H groups in total. The summed E-state index contributed by atoms with van der Waals surface area (Å²) < 4.78 is 39.1. The lowest BCUT2D eigenvalue weighted by Gasteiger charge is -2.28. The van der Waals surface area contributed by atoms with Gasteiger partial charge >= 0.3 is 5.97 Å². The zero-order chi connectivity index (χ0) is 23.6. The van der Waals surface area contributed by atoms with E-state index in [1.165, 1.54) is 13.2 Å². The number of methoxy groups -OCH3 is 1. The van der Waals surface area contributed by atoms with Crippen molar-refractivity contribution in [3.8, 4) is 0 Å². The van der Waals surface area contributed by atoms with Crippen molar-refractivity contribution in [2.45, 2.75) is 36.1 Å². The van der Waals surface area contributed by atoms with Crippen LogP contribution in [0.5, 0.6) is 0 Å². The van der Waals surface area contributed by atoms with Crippen LogP contribution in [0.1, 0.15) is 12.1 Å². The van der Waals surface area contributed by atoms with Gasteiger partial charge in [-0.1, -0.05) is 23.7 Å². The average Bonchev–Trinajstić information content (AvgIpc) is 3.42. The molecule has 2 aliphatic rings. The number of halogens is 1. The second-order valence-corrected chi connectivity index (χ2v) is 10.9. The van der Waals surface area contributed by atoms with Crippen molar-refractivity contribution in [2.24, 2.45) is 0 Å². The number of hydrogen-bond acceptors (Lipinski definition) is 8. The predicted octanol–water partition coefficient (Wildman–Crippen LogP) is 1.77. The van der Waals surface area contributed by atoms with Crippen LogP contribution in [0.3, 0.4) is 0 Å². The molecular formula is C22H29ClN4O5S. The fourth-order valence-corrected chi connectivity index (χ4v) is 6.70. The highest BCUT2D eigenvalue weighted by atomic mass is 35.5. The van der Waals surface area contributed by atoms with Crippen LogP contribution in [0.15, 0.2) is 35.2 Å². The van der Waals surface area contributed by atoms with E-state index in [-0.39, 0.29) is 22.9 Å². The van der Waals surface area contributed by atoms with E-state index in [4.69, 9.17) is 21.1 Å². The Morgan fingerprint density at radius 3 is 2.67 bits per heavy atom. The van der Waals surface area contributed by atoms with Gasteiger partial charge < -0.3 is 14.4 Å². The molecule has 0 amide bonds. The van der Waals surface area contributed by atoms with Gasteiger partial charge in [-0.25, -0.2) is 17.9 Å². The van der Waals surface area contributed by atoms with Gasteiger partial charge in [0.15, 0.2) is 9.84 Å². The molecule has 1 aromatic carbocycles. The summed E-state index contributed by atoms with van der Waals surface area (Å²) in [6, 6.07) is 7.56. The molecule has 0 radical (unpaired) electrons. The maximum atomic E-state index is 13.4. The van der Waals surface area contributed by atoms with Gasteiger partial charge in [-0.2, -0.15) is 5.10 Å². The summed E-state index contributed by atoms with van der Waals surface area (Å²) >= 11 is 6.20. The minimum absolute atomic E-state index is 0.0825. The molecule has 33 heavy (non-hydrogen) atoms. The van der Waals surface area contributed by atoms with Gasteiger partial charge in [0.2, 0.25) is 0 Å². The van der Waals surface area contributed by atoms with Crippen molar-refractivity contribution in [1.82, 2.24) is 14.7 Å². The monoisotopic (exact) mass is 496 g/mol. The topological polar surface area (TPSA) is 94.0 Å². The fraction of sp³-hybridized carbons (Fsp3) is 0.545. The smallest absolute Gasteiger partial charge is 0.328 e. The third-order valence-corrected chi connectivity index (χ3v) is 8.85. The minimum Gasteiger partial charge on any atom is -0.467 e. The molecule has 9 nitrogen and oxygen atoms in total. The highest BCUT2D eigenvalue weighted by molar-refractivity contribution is 7.92. The molecule has 4 rings (SSSR count). The summed E-state index contributed by atoms with van der Waals surface area (Å²) in [5, 5.41) is 3.99. The number of carbonyl (C=O) groups is 1. The van der Waals surface area contributed by atoms with Gasteiger partial charge in [0, 0.05) is 32.2 Å². The van der Waals surface area contributed by atoms with Crippen molar-refractivity contribution in [3.63, 3.8) is 0 Å². The van der Waals surface area contributed by atoms with Gasteiger partial charge in [-0.15, -0.1) is 0 Å². The number of nitrogens with zero attached hydrogens (tertiary/aromatic N) is 4. The van der Waals surface area contributed by atoms with E-state index >= 15 is 0 Å². The molecule has 1 aromatic heterocycles. The van der Waals surface area contributed by atoms with Crippen LogP contribution in [-0.2, 0) is 30.7 Å². The van der Waals surface area contributed by atoms with Crippen molar-refractivity contribution in [1.29, 1.82) is 0 Å². The standard InChI is InChI=1S/C22H29ClN4O5S/c1-16-13-21(27(24-16)8-7-25-9-11-32-12-10-25)26-15-17(14-19(26)22(28)31-2)33(29,30)20-6-4-3-5-18(20)23/h3-6,13,17,19H,7-12,14-15H2,1-2H3/t17-,19?/m1/s1. The molecule has 2 fully saturated rings. The first kappa shape index (κ1) is 24.0. The zero-order valence-electron chi connectivity index (χ0n) is 18.8. The van der Waals surface area contributed by atoms with Crippen LogP contribution in [0, 0.1) is 6.92 Å².